The summed E-state index contributed by atoms with van der Waals surface area (Å²) >= 11 is 0. The van der Waals surface area contributed by atoms with Crippen LogP contribution in [0.15, 0.2) is 24.3 Å². The van der Waals surface area contributed by atoms with Crippen molar-refractivity contribution in [2.24, 2.45) is 0 Å². The van der Waals surface area contributed by atoms with Gasteiger partial charge in [0.15, 0.2) is 0 Å². The normalized spacial score (nSPS) is 10.0. The summed E-state index contributed by atoms with van der Waals surface area (Å²) in [6.07, 6.45) is 1.31. The Morgan fingerprint density at radius 1 is 1.29 bits per heavy atom. The first-order valence-corrected chi connectivity index (χ1v) is 6.14. The van der Waals surface area contributed by atoms with Crippen molar-refractivity contribution >= 4 is 5.91 Å². The van der Waals surface area contributed by atoms with Crippen molar-refractivity contribution in [1.82, 2.24) is 4.90 Å². The minimum absolute atomic E-state index is 0.208. The van der Waals surface area contributed by atoms with E-state index in [1.54, 1.807) is 0 Å². The monoisotopic (exact) mass is 234 g/mol. The second kappa shape index (κ2) is 7.71. The van der Waals surface area contributed by atoms with E-state index in [2.05, 4.69) is 6.07 Å². The Bertz CT molecular complexity index is 320. The van der Waals surface area contributed by atoms with Gasteiger partial charge >= 0.3 is 0 Å². The van der Waals surface area contributed by atoms with Crippen LogP contribution in [-0.2, 0) is 4.79 Å². The number of carbonyl (C=O) groups excluding carboxylic acids is 1. The molecule has 0 fully saturated rings. The van der Waals surface area contributed by atoms with E-state index in [1.165, 1.54) is 0 Å². The SMILES string of the molecule is CCN(CC)C(=O)CCCOc1cc[c]cc1. The van der Waals surface area contributed by atoms with Gasteiger partial charge in [0.2, 0.25) is 5.91 Å². The highest BCUT2D eigenvalue weighted by Gasteiger charge is 2.08. The molecule has 0 saturated carbocycles. The van der Waals surface area contributed by atoms with Crippen molar-refractivity contribution < 1.29 is 9.53 Å². The van der Waals surface area contributed by atoms with Gasteiger partial charge in [-0.1, -0.05) is 12.1 Å². The smallest absolute Gasteiger partial charge is 0.222 e. The number of hydrogen-bond acceptors (Lipinski definition) is 2. The lowest BCUT2D eigenvalue weighted by molar-refractivity contribution is -0.131. The lowest BCUT2D eigenvalue weighted by Crippen LogP contribution is -2.30. The molecule has 0 aliphatic rings. The number of amides is 1. The van der Waals surface area contributed by atoms with Crippen molar-refractivity contribution in [3.05, 3.63) is 30.3 Å². The molecule has 0 saturated heterocycles. The first-order chi connectivity index (χ1) is 8.27. The third-order valence-electron chi connectivity index (χ3n) is 2.61. The van der Waals surface area contributed by atoms with Crippen LogP contribution in [0.3, 0.4) is 0 Å². The molecule has 0 aliphatic heterocycles. The Morgan fingerprint density at radius 2 is 1.94 bits per heavy atom. The van der Waals surface area contributed by atoms with E-state index in [9.17, 15) is 4.79 Å². The summed E-state index contributed by atoms with van der Waals surface area (Å²) in [5.74, 6) is 1.04. The summed E-state index contributed by atoms with van der Waals surface area (Å²) in [4.78, 5) is 13.5. The molecule has 0 unspecified atom stereocenters. The Morgan fingerprint density at radius 3 is 2.53 bits per heavy atom. The van der Waals surface area contributed by atoms with Gasteiger partial charge in [-0.3, -0.25) is 4.79 Å². The minimum atomic E-state index is 0.208. The molecule has 0 N–H and O–H groups in total. The molecule has 0 atom stereocenters. The van der Waals surface area contributed by atoms with E-state index in [1.807, 2.05) is 43.0 Å². The molecule has 3 nitrogen and oxygen atoms in total. The van der Waals surface area contributed by atoms with Crippen molar-refractivity contribution in [2.45, 2.75) is 26.7 Å². The molecule has 1 radical (unpaired) electrons. The maximum atomic E-state index is 11.7. The van der Waals surface area contributed by atoms with Gasteiger partial charge in [0.25, 0.3) is 0 Å². The van der Waals surface area contributed by atoms with Gasteiger partial charge in [0.05, 0.1) is 6.61 Å². The van der Waals surface area contributed by atoms with Gasteiger partial charge in [-0.25, -0.2) is 0 Å². The van der Waals surface area contributed by atoms with Crippen LogP contribution in [0.25, 0.3) is 0 Å². The van der Waals surface area contributed by atoms with Gasteiger partial charge in [-0.2, -0.15) is 0 Å². The van der Waals surface area contributed by atoms with Crippen molar-refractivity contribution in [2.75, 3.05) is 19.7 Å². The highest BCUT2D eigenvalue weighted by Crippen LogP contribution is 2.08. The summed E-state index contributed by atoms with van der Waals surface area (Å²) in [6, 6.07) is 10.3. The lowest BCUT2D eigenvalue weighted by atomic mass is 10.3. The molecule has 1 aromatic carbocycles. The van der Waals surface area contributed by atoms with Crippen LogP contribution in [0, 0.1) is 6.07 Å². The zero-order chi connectivity index (χ0) is 12.5. The van der Waals surface area contributed by atoms with E-state index < -0.39 is 0 Å². The molecule has 3 heteroatoms. The highest BCUT2D eigenvalue weighted by atomic mass is 16.5. The molecule has 0 spiro atoms. The molecule has 1 amide bonds. The zero-order valence-corrected chi connectivity index (χ0v) is 10.6. The second-order valence-corrected chi connectivity index (χ2v) is 3.75. The minimum Gasteiger partial charge on any atom is -0.494 e. The Labute approximate surface area is 103 Å². The van der Waals surface area contributed by atoms with Crippen LogP contribution in [0.2, 0.25) is 0 Å². The largest absolute Gasteiger partial charge is 0.494 e. The fourth-order valence-electron chi connectivity index (χ4n) is 1.62. The van der Waals surface area contributed by atoms with Crippen LogP contribution < -0.4 is 4.74 Å². The van der Waals surface area contributed by atoms with Gasteiger partial charge in [0, 0.05) is 19.5 Å². The average Bonchev–Trinajstić information content (AvgIpc) is 2.37. The Balaban J connectivity index is 2.18. The molecule has 17 heavy (non-hydrogen) atoms. The molecule has 93 valence electrons. The molecule has 0 aromatic heterocycles. The van der Waals surface area contributed by atoms with E-state index in [0.29, 0.717) is 13.0 Å². The Kier molecular flexibility index (Phi) is 6.15. The number of carbonyl (C=O) groups is 1. The molecule has 1 rings (SSSR count). The predicted molar refractivity (Wildman–Crippen MR) is 67.9 cm³/mol. The third-order valence-corrected chi connectivity index (χ3v) is 2.61. The quantitative estimate of drug-likeness (QED) is 0.678. The third kappa shape index (κ3) is 4.89. The molecular weight excluding hydrogens is 214 g/mol. The fraction of sp³-hybridized carbons (Fsp3) is 0.500. The highest BCUT2D eigenvalue weighted by molar-refractivity contribution is 5.76. The summed E-state index contributed by atoms with van der Waals surface area (Å²) in [7, 11) is 0. The van der Waals surface area contributed by atoms with Gasteiger partial charge in [-0.05, 0) is 38.5 Å². The summed E-state index contributed by atoms with van der Waals surface area (Å²) in [6.45, 7) is 6.14. The van der Waals surface area contributed by atoms with Gasteiger partial charge < -0.3 is 9.64 Å². The number of nitrogens with zero attached hydrogens (tertiary/aromatic N) is 1. The van der Waals surface area contributed by atoms with Crippen molar-refractivity contribution in [3.8, 4) is 5.75 Å². The van der Waals surface area contributed by atoms with E-state index in [4.69, 9.17) is 4.74 Å². The number of ether oxygens (including phenoxy) is 1. The lowest BCUT2D eigenvalue weighted by Gasteiger charge is -2.18. The van der Waals surface area contributed by atoms with E-state index in [0.717, 1.165) is 25.3 Å². The predicted octanol–water partition coefficient (Wildman–Crippen LogP) is 2.51. The molecule has 0 aliphatic carbocycles. The first-order valence-electron chi connectivity index (χ1n) is 6.14. The van der Waals surface area contributed by atoms with Crippen LogP contribution >= 0.6 is 0 Å². The van der Waals surface area contributed by atoms with Crippen LogP contribution in [0.1, 0.15) is 26.7 Å². The molecule has 0 bridgehead atoms. The van der Waals surface area contributed by atoms with Crippen molar-refractivity contribution in [1.29, 1.82) is 0 Å². The zero-order valence-electron chi connectivity index (χ0n) is 10.6. The number of rotatable bonds is 7. The summed E-state index contributed by atoms with van der Waals surface area (Å²) in [5, 5.41) is 0. The summed E-state index contributed by atoms with van der Waals surface area (Å²) in [5.41, 5.74) is 0. The second-order valence-electron chi connectivity index (χ2n) is 3.75. The number of hydrogen-bond donors (Lipinski definition) is 0. The Hall–Kier alpha value is -1.51. The maximum absolute atomic E-state index is 11.7. The molecule has 1 aromatic rings. The van der Waals surface area contributed by atoms with E-state index in [-0.39, 0.29) is 5.91 Å². The number of benzene rings is 1. The molecule has 0 heterocycles. The average molecular weight is 234 g/mol. The van der Waals surface area contributed by atoms with Gasteiger partial charge in [0.1, 0.15) is 5.75 Å². The topological polar surface area (TPSA) is 29.5 Å². The van der Waals surface area contributed by atoms with Crippen LogP contribution in [-0.4, -0.2) is 30.5 Å². The molecular formula is C14H20NO2. The van der Waals surface area contributed by atoms with Crippen molar-refractivity contribution in [3.63, 3.8) is 0 Å². The van der Waals surface area contributed by atoms with Crippen LogP contribution in [0.4, 0.5) is 0 Å². The van der Waals surface area contributed by atoms with E-state index >= 15 is 0 Å². The maximum Gasteiger partial charge on any atom is 0.222 e. The van der Waals surface area contributed by atoms with Crippen LogP contribution in [0.5, 0.6) is 5.75 Å². The first kappa shape index (κ1) is 13.6. The fourth-order valence-corrected chi connectivity index (χ4v) is 1.62. The standard InChI is InChI=1S/C14H20NO2/c1-3-15(4-2)14(16)11-8-12-17-13-9-6-5-7-10-13/h6-7,9-10H,3-4,8,11-12H2,1-2H3. The van der Waals surface area contributed by atoms with Gasteiger partial charge in [-0.15, -0.1) is 0 Å². The summed E-state index contributed by atoms with van der Waals surface area (Å²) < 4.78 is 5.51.